The molecular formula is C19H23N3O4. The van der Waals surface area contributed by atoms with Gasteiger partial charge in [0.1, 0.15) is 17.9 Å². The third kappa shape index (κ3) is 3.29. The second kappa shape index (κ2) is 7.19. The van der Waals surface area contributed by atoms with Gasteiger partial charge in [0.15, 0.2) is 5.54 Å². The number of para-hydroxylation sites is 1. The number of imide groups is 1. The van der Waals surface area contributed by atoms with Crippen molar-refractivity contribution in [3.05, 3.63) is 36.1 Å². The quantitative estimate of drug-likeness (QED) is 0.588. The SMILES string of the molecule is CCCCCNC(=O)CN1C(=O)NC(C)(c2cc3ccccc3o2)C1=O. The molecule has 0 spiro atoms. The van der Waals surface area contributed by atoms with E-state index in [9.17, 15) is 14.4 Å². The van der Waals surface area contributed by atoms with Crippen LogP contribution in [0.15, 0.2) is 34.7 Å². The highest BCUT2D eigenvalue weighted by Gasteiger charge is 2.51. The van der Waals surface area contributed by atoms with Crippen LogP contribution in [0.2, 0.25) is 0 Å². The van der Waals surface area contributed by atoms with E-state index in [1.54, 1.807) is 19.1 Å². The lowest BCUT2D eigenvalue weighted by molar-refractivity contribution is -0.135. The molecule has 0 saturated carbocycles. The van der Waals surface area contributed by atoms with E-state index in [2.05, 4.69) is 17.6 Å². The zero-order chi connectivity index (χ0) is 18.7. The molecule has 26 heavy (non-hydrogen) atoms. The third-order valence-corrected chi connectivity index (χ3v) is 4.60. The lowest BCUT2D eigenvalue weighted by Gasteiger charge is -2.18. The maximum atomic E-state index is 12.8. The molecule has 7 heteroatoms. The van der Waals surface area contributed by atoms with E-state index in [0.717, 1.165) is 29.5 Å². The van der Waals surface area contributed by atoms with E-state index in [1.807, 2.05) is 18.2 Å². The standard InChI is InChI=1S/C19H23N3O4/c1-3-4-7-10-20-16(23)12-22-17(24)19(2,21-18(22)25)15-11-13-8-5-6-9-14(13)26-15/h5-6,8-9,11H,3-4,7,10,12H2,1-2H3,(H,20,23)(H,21,25). The molecule has 7 nitrogen and oxygen atoms in total. The number of nitrogens with one attached hydrogen (secondary N) is 2. The van der Waals surface area contributed by atoms with Gasteiger partial charge in [-0.15, -0.1) is 0 Å². The number of amides is 4. The van der Waals surface area contributed by atoms with Crippen molar-refractivity contribution >= 4 is 28.8 Å². The summed E-state index contributed by atoms with van der Waals surface area (Å²) < 4.78 is 5.76. The normalized spacial score (nSPS) is 19.8. The molecule has 1 aliphatic heterocycles. The predicted molar refractivity (Wildman–Crippen MR) is 96.3 cm³/mol. The fraction of sp³-hybridized carbons (Fsp3) is 0.421. The largest absolute Gasteiger partial charge is 0.458 e. The van der Waals surface area contributed by atoms with E-state index >= 15 is 0 Å². The molecule has 138 valence electrons. The lowest BCUT2D eigenvalue weighted by atomic mass is 9.99. The molecule has 1 aromatic carbocycles. The second-order valence-corrected chi connectivity index (χ2v) is 6.65. The van der Waals surface area contributed by atoms with Crippen LogP contribution in [0.1, 0.15) is 38.9 Å². The fourth-order valence-corrected chi connectivity index (χ4v) is 3.04. The van der Waals surface area contributed by atoms with Gasteiger partial charge in [-0.3, -0.25) is 14.5 Å². The van der Waals surface area contributed by atoms with Crippen LogP contribution in [-0.4, -0.2) is 35.8 Å². The van der Waals surface area contributed by atoms with Crippen LogP contribution in [0.3, 0.4) is 0 Å². The number of fused-ring (bicyclic) bond motifs is 1. The van der Waals surface area contributed by atoms with Gasteiger partial charge in [0.2, 0.25) is 5.91 Å². The minimum Gasteiger partial charge on any atom is -0.458 e. The summed E-state index contributed by atoms with van der Waals surface area (Å²) in [5, 5.41) is 6.24. The Morgan fingerprint density at radius 3 is 2.77 bits per heavy atom. The molecule has 0 aliphatic carbocycles. The summed E-state index contributed by atoms with van der Waals surface area (Å²) in [6, 6.07) is 8.51. The lowest BCUT2D eigenvalue weighted by Crippen LogP contribution is -2.43. The Kier molecular flexibility index (Phi) is 4.97. The fourth-order valence-electron chi connectivity index (χ4n) is 3.04. The van der Waals surface area contributed by atoms with E-state index in [-0.39, 0.29) is 12.5 Å². The van der Waals surface area contributed by atoms with Crippen molar-refractivity contribution in [1.29, 1.82) is 0 Å². The molecule has 0 bridgehead atoms. The van der Waals surface area contributed by atoms with E-state index in [1.165, 1.54) is 0 Å². The third-order valence-electron chi connectivity index (χ3n) is 4.60. The monoisotopic (exact) mass is 357 g/mol. The highest BCUT2D eigenvalue weighted by atomic mass is 16.3. The van der Waals surface area contributed by atoms with E-state index < -0.39 is 17.5 Å². The zero-order valence-corrected chi connectivity index (χ0v) is 15.0. The number of urea groups is 1. The van der Waals surface area contributed by atoms with Crippen LogP contribution in [0.4, 0.5) is 4.79 Å². The number of unbranched alkanes of at least 4 members (excludes halogenated alkanes) is 2. The molecule has 3 rings (SSSR count). The first-order valence-corrected chi connectivity index (χ1v) is 8.85. The topological polar surface area (TPSA) is 91.7 Å². The number of carbonyl (C=O) groups is 3. The number of rotatable bonds is 7. The zero-order valence-electron chi connectivity index (χ0n) is 15.0. The van der Waals surface area contributed by atoms with Crippen LogP contribution >= 0.6 is 0 Å². The van der Waals surface area contributed by atoms with Crippen LogP contribution in [0.25, 0.3) is 11.0 Å². The molecule has 1 unspecified atom stereocenters. The number of nitrogens with zero attached hydrogens (tertiary/aromatic N) is 1. The number of hydrogen-bond acceptors (Lipinski definition) is 4. The molecule has 2 heterocycles. The van der Waals surface area contributed by atoms with Gasteiger partial charge in [0, 0.05) is 11.9 Å². The molecule has 1 fully saturated rings. The Bertz CT molecular complexity index is 811. The Balaban J connectivity index is 1.72. The summed E-state index contributed by atoms with van der Waals surface area (Å²) in [6.07, 6.45) is 2.95. The van der Waals surface area contributed by atoms with Crippen LogP contribution < -0.4 is 10.6 Å². The van der Waals surface area contributed by atoms with Crippen LogP contribution in [-0.2, 0) is 15.1 Å². The summed E-state index contributed by atoms with van der Waals surface area (Å²) >= 11 is 0. The Hall–Kier alpha value is -2.83. The van der Waals surface area contributed by atoms with Crippen molar-refractivity contribution in [2.24, 2.45) is 0 Å². The summed E-state index contributed by atoms with van der Waals surface area (Å²) in [5.74, 6) is -0.494. The maximum absolute atomic E-state index is 12.8. The molecule has 1 aliphatic rings. The Morgan fingerprint density at radius 2 is 2.04 bits per heavy atom. The average Bonchev–Trinajstić information content (AvgIpc) is 3.15. The van der Waals surface area contributed by atoms with Crippen molar-refractivity contribution in [2.45, 2.75) is 38.6 Å². The molecule has 4 amide bonds. The smallest absolute Gasteiger partial charge is 0.325 e. The second-order valence-electron chi connectivity index (χ2n) is 6.65. The summed E-state index contributed by atoms with van der Waals surface area (Å²) in [5.41, 5.74) is -0.684. The summed E-state index contributed by atoms with van der Waals surface area (Å²) in [7, 11) is 0. The van der Waals surface area contributed by atoms with Gasteiger partial charge in [-0.1, -0.05) is 38.0 Å². The number of benzene rings is 1. The summed E-state index contributed by atoms with van der Waals surface area (Å²) in [4.78, 5) is 38.1. The first-order valence-electron chi connectivity index (χ1n) is 8.85. The molecule has 1 aromatic heterocycles. The van der Waals surface area contributed by atoms with Crippen molar-refractivity contribution in [3.8, 4) is 0 Å². The molecule has 1 atom stereocenters. The van der Waals surface area contributed by atoms with Gasteiger partial charge >= 0.3 is 6.03 Å². The number of furan rings is 1. The summed E-state index contributed by atoms with van der Waals surface area (Å²) in [6.45, 7) is 3.90. The van der Waals surface area contributed by atoms with Gasteiger partial charge < -0.3 is 15.1 Å². The highest BCUT2D eigenvalue weighted by molar-refractivity contribution is 6.09. The minimum absolute atomic E-state index is 0.299. The molecule has 2 aromatic rings. The molecule has 2 N–H and O–H groups in total. The van der Waals surface area contributed by atoms with Crippen molar-refractivity contribution in [3.63, 3.8) is 0 Å². The average molecular weight is 357 g/mol. The molecule has 0 radical (unpaired) electrons. The van der Waals surface area contributed by atoms with Gasteiger partial charge in [-0.25, -0.2) is 4.79 Å². The Morgan fingerprint density at radius 1 is 1.27 bits per heavy atom. The molecular weight excluding hydrogens is 334 g/mol. The van der Waals surface area contributed by atoms with Gasteiger partial charge in [-0.2, -0.15) is 0 Å². The van der Waals surface area contributed by atoms with Crippen LogP contribution in [0, 0.1) is 0 Å². The van der Waals surface area contributed by atoms with E-state index in [4.69, 9.17) is 4.42 Å². The first kappa shape index (κ1) is 18.0. The number of hydrogen-bond donors (Lipinski definition) is 2. The van der Waals surface area contributed by atoms with Crippen molar-refractivity contribution in [2.75, 3.05) is 13.1 Å². The first-order chi connectivity index (χ1) is 12.5. The van der Waals surface area contributed by atoms with Crippen molar-refractivity contribution in [1.82, 2.24) is 15.5 Å². The van der Waals surface area contributed by atoms with E-state index in [0.29, 0.717) is 17.9 Å². The molecule has 1 saturated heterocycles. The number of carbonyl (C=O) groups excluding carboxylic acids is 3. The van der Waals surface area contributed by atoms with Gasteiger partial charge in [0.25, 0.3) is 5.91 Å². The Labute approximate surface area is 151 Å². The van der Waals surface area contributed by atoms with Crippen molar-refractivity contribution < 1.29 is 18.8 Å². The van der Waals surface area contributed by atoms with Gasteiger partial charge in [0.05, 0.1) is 0 Å². The van der Waals surface area contributed by atoms with Crippen LogP contribution in [0.5, 0.6) is 0 Å². The van der Waals surface area contributed by atoms with Gasteiger partial charge in [-0.05, 0) is 25.5 Å². The maximum Gasteiger partial charge on any atom is 0.325 e. The minimum atomic E-state index is -1.32. The highest BCUT2D eigenvalue weighted by Crippen LogP contribution is 2.32. The predicted octanol–water partition coefficient (Wildman–Crippen LogP) is 2.51.